The molecule has 0 spiro atoms. The summed E-state index contributed by atoms with van der Waals surface area (Å²) in [7, 11) is 0. The van der Waals surface area contributed by atoms with Crippen molar-refractivity contribution in [1.29, 1.82) is 0 Å². The normalized spacial score (nSPS) is 11.8. The van der Waals surface area contributed by atoms with E-state index in [0.29, 0.717) is 11.4 Å². The van der Waals surface area contributed by atoms with E-state index in [0.717, 1.165) is 77.3 Å². The Morgan fingerprint density at radius 3 is 1.86 bits per heavy atom. The highest BCUT2D eigenvalue weighted by molar-refractivity contribution is 6.16. The van der Waals surface area contributed by atoms with Crippen LogP contribution >= 0.6 is 0 Å². The summed E-state index contributed by atoms with van der Waals surface area (Å²) in [5, 5.41) is 6.39. The number of benzene rings is 7. The zero-order valence-corrected chi connectivity index (χ0v) is 26.4. The number of nitrogens with zero attached hydrogens (tertiary/aromatic N) is 2. The maximum atomic E-state index is 6.86. The number of aliphatic imine (C=N–C) groups is 1. The van der Waals surface area contributed by atoms with Crippen molar-refractivity contribution in [2.45, 2.75) is 6.61 Å². The number of hydrogen-bond acceptors (Lipinski definition) is 4. The fourth-order valence-electron chi connectivity index (χ4n) is 7.47. The summed E-state index contributed by atoms with van der Waals surface area (Å²) in [6.07, 6.45) is 0. The molecule has 0 atom stereocenters. The van der Waals surface area contributed by atoms with E-state index in [1.54, 1.807) is 0 Å². The van der Waals surface area contributed by atoms with Gasteiger partial charge in [0.25, 0.3) is 0 Å². The molecule has 0 bridgehead atoms. The second-order valence-corrected chi connectivity index (χ2v) is 12.3. The molecule has 3 heterocycles. The van der Waals surface area contributed by atoms with Gasteiger partial charge in [-0.05, 0) is 54.7 Å². The van der Waals surface area contributed by atoms with Crippen LogP contribution in [0.2, 0.25) is 0 Å². The summed E-state index contributed by atoms with van der Waals surface area (Å²) in [6.45, 7) is 4.25. The number of rotatable bonds is 6. The third-order valence-electron chi connectivity index (χ3n) is 9.62. The van der Waals surface area contributed by atoms with Crippen molar-refractivity contribution < 1.29 is 13.6 Å². The number of furan rings is 2. The first-order valence-electron chi connectivity index (χ1n) is 16.3. The molecule has 0 saturated carbocycles. The number of aromatic nitrogens is 1. The van der Waals surface area contributed by atoms with Gasteiger partial charge in [0.2, 0.25) is 0 Å². The van der Waals surface area contributed by atoms with Gasteiger partial charge >= 0.3 is 0 Å². The first-order chi connectivity index (χ1) is 24.3. The fraction of sp³-hybridized carbons (Fsp3) is 0.0227. The quantitative estimate of drug-likeness (QED) is 0.171. The molecule has 0 N–H and O–H groups in total. The van der Waals surface area contributed by atoms with Gasteiger partial charge in [-0.1, -0.05) is 103 Å². The van der Waals surface area contributed by atoms with Crippen LogP contribution in [0.3, 0.4) is 0 Å². The van der Waals surface area contributed by atoms with Crippen LogP contribution in [0.25, 0.3) is 82.5 Å². The topological polar surface area (TPSA) is 52.8 Å². The van der Waals surface area contributed by atoms with Gasteiger partial charge in [0, 0.05) is 32.7 Å². The lowest BCUT2D eigenvalue weighted by atomic mass is 10.00. The lowest BCUT2D eigenvalue weighted by Gasteiger charge is -2.16. The Kier molecular flexibility index (Phi) is 6.02. The van der Waals surface area contributed by atoms with Crippen molar-refractivity contribution in [3.8, 4) is 22.6 Å². The molecule has 49 heavy (non-hydrogen) atoms. The molecule has 0 radical (unpaired) electrons. The molecule has 0 saturated heterocycles. The highest BCUT2D eigenvalue weighted by Crippen LogP contribution is 2.48. The Balaban J connectivity index is 1.19. The van der Waals surface area contributed by atoms with Crippen LogP contribution < -0.4 is 4.74 Å². The van der Waals surface area contributed by atoms with Crippen molar-refractivity contribution in [3.63, 3.8) is 0 Å². The van der Waals surface area contributed by atoms with E-state index < -0.39 is 0 Å². The monoisotopic (exact) mass is 632 g/mol. The van der Waals surface area contributed by atoms with Crippen LogP contribution in [0, 0.1) is 0 Å². The van der Waals surface area contributed by atoms with Gasteiger partial charge in [-0.3, -0.25) is 4.99 Å². The minimum absolute atomic E-state index is 0.257. The Morgan fingerprint density at radius 2 is 1.16 bits per heavy atom. The summed E-state index contributed by atoms with van der Waals surface area (Å²) in [5.41, 5.74) is 9.99. The largest absolute Gasteiger partial charge is 0.486 e. The third-order valence-corrected chi connectivity index (χ3v) is 9.62. The van der Waals surface area contributed by atoms with E-state index in [9.17, 15) is 0 Å². The average molecular weight is 633 g/mol. The molecular formula is C44H28N2O3. The van der Waals surface area contributed by atoms with Crippen LogP contribution in [0.5, 0.6) is 5.75 Å². The molecule has 3 aromatic heterocycles. The number of para-hydroxylation sites is 4. The van der Waals surface area contributed by atoms with Crippen molar-refractivity contribution in [1.82, 2.24) is 4.57 Å². The predicted molar refractivity (Wildman–Crippen MR) is 201 cm³/mol. The van der Waals surface area contributed by atoms with Crippen LogP contribution in [-0.4, -0.2) is 11.3 Å². The second kappa shape index (κ2) is 10.7. The summed E-state index contributed by atoms with van der Waals surface area (Å²) in [5.74, 6) is 0.649. The second-order valence-electron chi connectivity index (χ2n) is 12.3. The van der Waals surface area contributed by atoms with Gasteiger partial charge in [-0.2, -0.15) is 0 Å². The van der Waals surface area contributed by atoms with Crippen molar-refractivity contribution in [2.24, 2.45) is 4.99 Å². The van der Waals surface area contributed by atoms with Crippen LogP contribution in [0.15, 0.2) is 159 Å². The molecule has 7 aromatic carbocycles. The molecule has 232 valence electrons. The molecule has 0 unspecified atom stereocenters. The van der Waals surface area contributed by atoms with Crippen molar-refractivity contribution in [2.75, 3.05) is 0 Å². The number of ether oxygens (including phenoxy) is 1. The number of fused-ring (bicyclic) bond motifs is 9. The van der Waals surface area contributed by atoms with E-state index in [4.69, 9.17) is 13.6 Å². The van der Waals surface area contributed by atoms with Crippen LogP contribution in [0.4, 0.5) is 5.69 Å². The number of hydrogen-bond donors (Lipinski definition) is 0. The maximum Gasteiger partial charge on any atom is 0.154 e. The Labute approximate surface area is 280 Å². The summed E-state index contributed by atoms with van der Waals surface area (Å²) in [6, 6.07) is 50.0. The molecular weight excluding hydrogens is 604 g/mol. The lowest BCUT2D eigenvalue weighted by molar-refractivity contribution is 0.309. The van der Waals surface area contributed by atoms with Gasteiger partial charge in [0.05, 0.1) is 27.5 Å². The van der Waals surface area contributed by atoms with E-state index in [-0.39, 0.29) is 6.61 Å². The lowest BCUT2D eigenvalue weighted by Crippen LogP contribution is -2.01. The van der Waals surface area contributed by atoms with Crippen molar-refractivity contribution in [3.05, 3.63) is 151 Å². The molecule has 0 aliphatic carbocycles. The maximum absolute atomic E-state index is 6.86. The van der Waals surface area contributed by atoms with Gasteiger partial charge in [-0.15, -0.1) is 0 Å². The van der Waals surface area contributed by atoms with E-state index in [1.165, 1.54) is 10.8 Å². The van der Waals surface area contributed by atoms with Gasteiger partial charge in [-0.25, -0.2) is 0 Å². The van der Waals surface area contributed by atoms with E-state index >= 15 is 0 Å². The summed E-state index contributed by atoms with van der Waals surface area (Å²) < 4.78 is 22.2. The van der Waals surface area contributed by atoms with Gasteiger partial charge in [0.1, 0.15) is 34.6 Å². The fourth-order valence-corrected chi connectivity index (χ4v) is 7.47. The van der Waals surface area contributed by atoms with Crippen molar-refractivity contribution >= 4 is 78.1 Å². The molecule has 0 amide bonds. The smallest absolute Gasteiger partial charge is 0.154 e. The highest BCUT2D eigenvalue weighted by atomic mass is 16.5. The zero-order valence-electron chi connectivity index (χ0n) is 26.4. The Hall–Kier alpha value is -6.59. The molecule has 10 rings (SSSR count). The average Bonchev–Trinajstić information content (AvgIpc) is 3.84. The molecule has 5 heteroatoms. The minimum atomic E-state index is 0.257. The van der Waals surface area contributed by atoms with Gasteiger partial charge < -0.3 is 18.1 Å². The molecule has 10 aromatic rings. The molecule has 0 fully saturated rings. The third kappa shape index (κ3) is 4.09. The SMILES string of the molecule is C=Nc1c(OCc2ccc(-n3c4ccccc4c4ccccc43)c3c2oc2ccccc23)c(-c2ccccc2)cc2oc3ccccc3c12. The van der Waals surface area contributed by atoms with Crippen LogP contribution in [0.1, 0.15) is 5.56 Å². The zero-order chi connectivity index (χ0) is 32.5. The van der Waals surface area contributed by atoms with E-state index in [2.05, 4.69) is 107 Å². The minimum Gasteiger partial charge on any atom is -0.486 e. The standard InChI is InChI=1S/C44H28N2O3/c1-45-42-41-32-18-8-11-21-37(32)48-39(41)25-33(27-13-3-2-4-14-27)44(42)47-26-28-23-24-36(40-31-17-7-12-22-38(31)49-43(28)40)46-34-19-9-5-15-29(34)30-16-6-10-20-35(30)46/h2-25H,1,26H2. The summed E-state index contributed by atoms with van der Waals surface area (Å²) >= 11 is 0. The Morgan fingerprint density at radius 1 is 0.571 bits per heavy atom. The molecule has 5 nitrogen and oxygen atoms in total. The molecule has 0 aliphatic rings. The summed E-state index contributed by atoms with van der Waals surface area (Å²) in [4.78, 5) is 4.56. The predicted octanol–water partition coefficient (Wildman–Crippen LogP) is 12.2. The Bertz CT molecular complexity index is 2860. The first kappa shape index (κ1) is 27.5. The first-order valence-corrected chi connectivity index (χ1v) is 16.3. The highest BCUT2D eigenvalue weighted by Gasteiger charge is 2.23. The van der Waals surface area contributed by atoms with Gasteiger partial charge in [0.15, 0.2) is 5.75 Å². The molecule has 0 aliphatic heterocycles. The van der Waals surface area contributed by atoms with Crippen LogP contribution in [-0.2, 0) is 6.61 Å². The van der Waals surface area contributed by atoms with E-state index in [1.807, 2.05) is 54.6 Å².